The molecule has 0 fully saturated rings. The van der Waals surface area contributed by atoms with E-state index in [1.165, 1.54) is 0 Å². The third-order valence-electron chi connectivity index (χ3n) is 4.72. The monoisotopic (exact) mass is 241 g/mol. The summed E-state index contributed by atoms with van der Waals surface area (Å²) in [5.41, 5.74) is 0. The molecule has 0 heterocycles. The molecule has 2 atom stereocenters. The highest BCUT2D eigenvalue weighted by atomic mass is 28.3. The van der Waals surface area contributed by atoms with Crippen LogP contribution in [-0.4, -0.2) is 25.2 Å². The van der Waals surface area contributed by atoms with Gasteiger partial charge in [0.25, 0.3) is 0 Å². The summed E-state index contributed by atoms with van der Waals surface area (Å²) in [5, 5.41) is 27.7. The summed E-state index contributed by atoms with van der Waals surface area (Å²) in [6.45, 7) is 10.1. The Bertz CT molecular complexity index is 255. The zero-order valence-corrected chi connectivity index (χ0v) is 12.1. The van der Waals surface area contributed by atoms with Crippen LogP contribution in [0.3, 0.4) is 0 Å². The van der Waals surface area contributed by atoms with E-state index in [1.54, 1.807) is 6.92 Å². The first-order chi connectivity index (χ1) is 7.35. The van der Waals surface area contributed by atoms with E-state index in [1.807, 2.05) is 6.92 Å². The Hall–Kier alpha value is -0.308. The Morgan fingerprint density at radius 3 is 1.81 bits per heavy atom. The third-order valence-corrected chi connectivity index (χ3v) is 11.6. The van der Waals surface area contributed by atoms with Crippen LogP contribution in [0.15, 0.2) is 0 Å². The molecule has 0 aromatic carbocycles. The van der Waals surface area contributed by atoms with Crippen LogP contribution < -0.4 is 0 Å². The van der Waals surface area contributed by atoms with Gasteiger partial charge in [-0.25, -0.2) is 0 Å². The van der Waals surface area contributed by atoms with Gasteiger partial charge in [-0.2, -0.15) is 5.26 Å². The van der Waals surface area contributed by atoms with Crippen LogP contribution in [0.25, 0.3) is 0 Å². The van der Waals surface area contributed by atoms with Crippen molar-refractivity contribution in [3.63, 3.8) is 0 Å². The molecule has 5 heteroatoms. The quantitative estimate of drug-likeness (QED) is 0.702. The summed E-state index contributed by atoms with van der Waals surface area (Å²) in [5.74, 6) is -0.385. The van der Waals surface area contributed by atoms with Gasteiger partial charge in [-0.15, -0.1) is 0 Å². The van der Waals surface area contributed by atoms with Gasteiger partial charge in [0.05, 0.1) is 14.1 Å². The second-order valence-electron chi connectivity index (χ2n) is 4.86. The molecule has 16 heavy (non-hydrogen) atoms. The van der Waals surface area contributed by atoms with Crippen LogP contribution in [0.2, 0.25) is 29.0 Å². The van der Waals surface area contributed by atoms with Crippen molar-refractivity contribution in [1.29, 1.82) is 5.26 Å². The maximum absolute atomic E-state index is 9.50. The molecule has 2 unspecified atom stereocenters. The average Bonchev–Trinajstić information content (AvgIpc) is 2.30. The molecule has 0 bridgehead atoms. The van der Waals surface area contributed by atoms with Gasteiger partial charge in [0.2, 0.25) is 0 Å². The summed E-state index contributed by atoms with van der Waals surface area (Å²) in [6, 6.07) is 5.44. The van der Waals surface area contributed by atoms with Gasteiger partial charge in [0, 0.05) is 10.9 Å². The molecule has 0 saturated carbocycles. The second kappa shape index (κ2) is 5.85. The lowest BCUT2D eigenvalue weighted by Crippen LogP contribution is -2.49. The van der Waals surface area contributed by atoms with Gasteiger partial charge >= 0.3 is 7.12 Å². The fourth-order valence-electron chi connectivity index (χ4n) is 2.85. The van der Waals surface area contributed by atoms with Crippen LogP contribution in [0.5, 0.6) is 0 Å². The fourth-order valence-corrected chi connectivity index (χ4v) is 7.91. The molecule has 0 aliphatic carbocycles. The van der Waals surface area contributed by atoms with Gasteiger partial charge in [-0.3, -0.25) is 0 Å². The average molecular weight is 241 g/mol. The SMILES string of the molecule is CC[Si](CC)(CC)C(C)(C#N)C(C)B(O)O. The number of hydrogen-bond acceptors (Lipinski definition) is 3. The molecule has 0 radical (unpaired) electrons. The van der Waals surface area contributed by atoms with E-state index in [0.717, 1.165) is 18.1 Å². The van der Waals surface area contributed by atoms with Gasteiger partial charge in [0.15, 0.2) is 0 Å². The minimum atomic E-state index is -1.78. The van der Waals surface area contributed by atoms with E-state index in [2.05, 4.69) is 26.8 Å². The van der Waals surface area contributed by atoms with E-state index < -0.39 is 20.2 Å². The van der Waals surface area contributed by atoms with Gasteiger partial charge in [0.1, 0.15) is 0 Å². The Balaban J connectivity index is 5.45. The topological polar surface area (TPSA) is 64.2 Å². The highest BCUT2D eigenvalue weighted by Crippen LogP contribution is 2.53. The zero-order chi connectivity index (χ0) is 13.0. The molecule has 0 saturated heterocycles. The first-order valence-corrected chi connectivity index (χ1v) is 8.74. The van der Waals surface area contributed by atoms with Crippen molar-refractivity contribution >= 4 is 15.2 Å². The zero-order valence-electron chi connectivity index (χ0n) is 11.1. The predicted molar refractivity (Wildman–Crippen MR) is 70.8 cm³/mol. The standard InChI is InChI=1S/C11H24BNO2Si/c1-6-16(7-2,8-3)11(5,9-13)10(4)12(14)15/h10,14-15H,6-8H2,1-5H3. The van der Waals surface area contributed by atoms with Crippen LogP contribution in [0, 0.1) is 11.3 Å². The van der Waals surface area contributed by atoms with Crippen LogP contribution >= 0.6 is 0 Å². The lowest BCUT2D eigenvalue weighted by atomic mass is 9.67. The van der Waals surface area contributed by atoms with E-state index in [4.69, 9.17) is 0 Å². The van der Waals surface area contributed by atoms with Crippen molar-refractivity contribution in [3.05, 3.63) is 0 Å². The van der Waals surface area contributed by atoms with Crippen molar-refractivity contribution in [2.75, 3.05) is 0 Å². The molecule has 3 nitrogen and oxygen atoms in total. The van der Waals surface area contributed by atoms with Gasteiger partial charge in [-0.1, -0.05) is 45.8 Å². The van der Waals surface area contributed by atoms with E-state index in [-0.39, 0.29) is 5.82 Å². The molecule has 0 aliphatic heterocycles. The summed E-state index contributed by atoms with van der Waals surface area (Å²) in [7, 11) is -3.18. The Morgan fingerprint density at radius 1 is 1.25 bits per heavy atom. The van der Waals surface area contributed by atoms with E-state index in [9.17, 15) is 15.3 Å². The van der Waals surface area contributed by atoms with Gasteiger partial charge < -0.3 is 10.0 Å². The largest absolute Gasteiger partial charge is 0.455 e. The summed E-state index contributed by atoms with van der Waals surface area (Å²) >= 11 is 0. The smallest absolute Gasteiger partial charge is 0.427 e. The number of rotatable bonds is 6. The first-order valence-electron chi connectivity index (χ1n) is 6.12. The predicted octanol–water partition coefficient (Wildman–Crippen LogP) is 2.64. The van der Waals surface area contributed by atoms with Crippen LogP contribution in [-0.2, 0) is 0 Å². The highest BCUT2D eigenvalue weighted by Gasteiger charge is 2.52. The van der Waals surface area contributed by atoms with Crippen LogP contribution in [0.4, 0.5) is 0 Å². The molecular formula is C11H24BNO2Si. The van der Waals surface area contributed by atoms with Crippen molar-refractivity contribution in [3.8, 4) is 6.07 Å². The maximum atomic E-state index is 9.50. The van der Waals surface area contributed by atoms with Crippen molar-refractivity contribution in [1.82, 2.24) is 0 Å². The minimum Gasteiger partial charge on any atom is -0.427 e. The Kier molecular flexibility index (Phi) is 5.74. The first kappa shape index (κ1) is 15.7. The molecule has 0 rings (SSSR count). The van der Waals surface area contributed by atoms with Crippen molar-refractivity contribution in [2.45, 2.75) is 63.6 Å². The molecule has 0 aromatic rings. The summed E-state index contributed by atoms with van der Waals surface area (Å²) in [4.78, 5) is 0. The lowest BCUT2D eigenvalue weighted by Gasteiger charge is -2.45. The maximum Gasteiger partial charge on any atom is 0.455 e. The molecule has 0 amide bonds. The van der Waals surface area contributed by atoms with Crippen molar-refractivity contribution in [2.24, 2.45) is 0 Å². The third kappa shape index (κ3) is 2.34. The van der Waals surface area contributed by atoms with E-state index >= 15 is 0 Å². The number of hydrogen-bond donors (Lipinski definition) is 2. The molecular weight excluding hydrogens is 217 g/mol. The summed E-state index contributed by atoms with van der Waals surface area (Å²) in [6.07, 6.45) is 0. The molecule has 0 aromatic heterocycles. The second-order valence-corrected chi connectivity index (χ2v) is 10.6. The Morgan fingerprint density at radius 2 is 1.62 bits per heavy atom. The number of nitriles is 1. The summed E-state index contributed by atoms with van der Waals surface area (Å²) < 4.78 is 0. The number of nitrogens with zero attached hydrogens (tertiary/aromatic N) is 1. The van der Waals surface area contributed by atoms with Crippen molar-refractivity contribution < 1.29 is 10.0 Å². The Labute approximate surface area is 101 Å². The van der Waals surface area contributed by atoms with Gasteiger partial charge in [-0.05, 0) is 6.92 Å². The molecule has 0 aliphatic rings. The minimum absolute atomic E-state index is 0.385. The molecule has 92 valence electrons. The molecule has 0 spiro atoms. The lowest BCUT2D eigenvalue weighted by molar-refractivity contribution is 0.375. The molecule has 2 N–H and O–H groups in total. The fraction of sp³-hybridized carbons (Fsp3) is 0.909. The highest BCUT2D eigenvalue weighted by molar-refractivity contribution is 6.84. The van der Waals surface area contributed by atoms with E-state index in [0.29, 0.717) is 0 Å². The normalized spacial score (nSPS) is 17.4. The van der Waals surface area contributed by atoms with Crippen LogP contribution in [0.1, 0.15) is 34.6 Å².